The minimum Gasteiger partial charge on any atom is -0.370 e. The van der Waals surface area contributed by atoms with Crippen LogP contribution in [0.25, 0.3) is 0 Å². The van der Waals surface area contributed by atoms with Gasteiger partial charge in [0.1, 0.15) is 0 Å². The number of aryl methyl sites for hydroxylation is 1. The van der Waals surface area contributed by atoms with Crippen molar-refractivity contribution in [3.63, 3.8) is 0 Å². The fraction of sp³-hybridized carbons (Fsp3) is 0.176. The second kappa shape index (κ2) is 7.45. The van der Waals surface area contributed by atoms with Gasteiger partial charge in [0.25, 0.3) is 10.0 Å². The van der Waals surface area contributed by atoms with Gasteiger partial charge >= 0.3 is 0 Å². The fourth-order valence-corrected chi connectivity index (χ4v) is 4.62. The summed E-state index contributed by atoms with van der Waals surface area (Å²) < 4.78 is 27.8. The number of halogens is 1. The first-order valence-electron chi connectivity index (χ1n) is 8.13. The van der Waals surface area contributed by atoms with Gasteiger partial charge in [-0.1, -0.05) is 29.8 Å². The maximum Gasteiger partial charge on any atom is 0.264 e. The largest absolute Gasteiger partial charge is 0.370 e. The molecule has 0 saturated carbocycles. The van der Waals surface area contributed by atoms with E-state index in [0.717, 1.165) is 18.4 Å². The van der Waals surface area contributed by atoms with Gasteiger partial charge in [-0.2, -0.15) is 4.99 Å². The third-order valence-corrected chi connectivity index (χ3v) is 6.18. The van der Waals surface area contributed by atoms with Crippen molar-refractivity contribution in [2.24, 2.45) is 27.2 Å². The minimum atomic E-state index is -3.79. The van der Waals surface area contributed by atoms with E-state index in [1.807, 2.05) is 18.2 Å². The highest BCUT2D eigenvalue weighted by atomic mass is 35.5. The zero-order chi connectivity index (χ0) is 19.6. The van der Waals surface area contributed by atoms with Crippen LogP contribution in [0.5, 0.6) is 0 Å². The Hall–Kier alpha value is -2.78. The summed E-state index contributed by atoms with van der Waals surface area (Å²) in [7, 11) is -3.79. The minimum absolute atomic E-state index is 0.0554. The van der Waals surface area contributed by atoms with E-state index in [0.29, 0.717) is 12.2 Å². The lowest BCUT2D eigenvalue weighted by atomic mass is 10.0. The van der Waals surface area contributed by atoms with Gasteiger partial charge in [-0.25, -0.2) is 13.4 Å². The first kappa shape index (κ1) is 19.0. The molecule has 0 bridgehead atoms. The van der Waals surface area contributed by atoms with E-state index in [1.165, 1.54) is 22.5 Å². The summed E-state index contributed by atoms with van der Waals surface area (Å²) in [6, 6.07) is 11.7. The summed E-state index contributed by atoms with van der Waals surface area (Å²) in [5, 5.41) is 0.224. The topological polar surface area (TPSA) is 140 Å². The third-order valence-electron chi connectivity index (χ3n) is 4.05. The molecule has 0 fully saturated rings. The molecule has 0 spiro atoms. The summed E-state index contributed by atoms with van der Waals surface area (Å²) in [4.78, 5) is 7.66. The number of benzene rings is 2. The van der Waals surface area contributed by atoms with E-state index in [4.69, 9.17) is 28.8 Å². The second-order valence-corrected chi connectivity index (χ2v) is 8.20. The van der Waals surface area contributed by atoms with E-state index in [-0.39, 0.29) is 27.5 Å². The van der Waals surface area contributed by atoms with Crippen LogP contribution < -0.4 is 21.5 Å². The summed E-state index contributed by atoms with van der Waals surface area (Å²) in [6.45, 7) is 0.400. The maximum atomic E-state index is 13.2. The van der Waals surface area contributed by atoms with Crippen molar-refractivity contribution < 1.29 is 8.42 Å². The molecule has 6 N–H and O–H groups in total. The van der Waals surface area contributed by atoms with E-state index >= 15 is 0 Å². The number of aliphatic imine (C=N–C) groups is 2. The number of para-hydroxylation sites is 1. The van der Waals surface area contributed by atoms with Gasteiger partial charge in [0.15, 0.2) is 5.96 Å². The number of sulfonamides is 1. The Morgan fingerprint density at radius 3 is 2.59 bits per heavy atom. The number of rotatable bonds is 3. The number of nitrogens with two attached hydrogens (primary N) is 3. The van der Waals surface area contributed by atoms with Gasteiger partial charge in [0.05, 0.1) is 21.3 Å². The standard InChI is InChI=1S/C17H19ClN6O2S/c18-13-8-7-12(10-14(13)22-17(21)23-16(19)20)27(25,26)24-9-3-5-11-4-1-2-6-15(11)24/h1-2,4,6-8,10H,3,5,9H2,(H6,19,20,21,22,23). The van der Waals surface area contributed by atoms with Crippen molar-refractivity contribution in [1.82, 2.24) is 0 Å². The second-order valence-electron chi connectivity index (χ2n) is 5.93. The predicted octanol–water partition coefficient (Wildman–Crippen LogP) is 1.70. The molecule has 2 aromatic rings. The van der Waals surface area contributed by atoms with Crippen molar-refractivity contribution >= 4 is 44.9 Å². The number of anilines is 1. The van der Waals surface area contributed by atoms with Crippen molar-refractivity contribution in [2.45, 2.75) is 17.7 Å². The molecular formula is C17H19ClN6O2S. The lowest BCUT2D eigenvalue weighted by Gasteiger charge is -2.30. The molecule has 1 aliphatic heterocycles. The molecule has 142 valence electrons. The van der Waals surface area contributed by atoms with E-state index in [9.17, 15) is 8.42 Å². The summed E-state index contributed by atoms with van der Waals surface area (Å²) in [6.07, 6.45) is 1.58. The molecule has 0 amide bonds. The lowest BCUT2D eigenvalue weighted by molar-refractivity contribution is 0.586. The Labute approximate surface area is 162 Å². The molecule has 10 heteroatoms. The van der Waals surface area contributed by atoms with Crippen LogP contribution in [0.4, 0.5) is 11.4 Å². The Balaban J connectivity index is 2.04. The molecule has 0 radical (unpaired) electrons. The molecule has 0 saturated heterocycles. The molecule has 27 heavy (non-hydrogen) atoms. The Bertz CT molecular complexity index is 1030. The summed E-state index contributed by atoms with van der Waals surface area (Å²) in [5.74, 6) is -0.490. The van der Waals surface area contributed by atoms with Gasteiger partial charge in [0.2, 0.25) is 5.96 Å². The number of hydrogen-bond acceptors (Lipinski definition) is 3. The van der Waals surface area contributed by atoms with Crippen LogP contribution in [0, 0.1) is 0 Å². The van der Waals surface area contributed by atoms with Gasteiger partial charge < -0.3 is 17.2 Å². The molecule has 1 heterocycles. The zero-order valence-electron chi connectivity index (χ0n) is 14.3. The van der Waals surface area contributed by atoms with Gasteiger partial charge in [-0.3, -0.25) is 4.31 Å². The van der Waals surface area contributed by atoms with E-state index < -0.39 is 10.0 Å². The van der Waals surface area contributed by atoms with Crippen LogP contribution in [-0.4, -0.2) is 26.9 Å². The molecular weight excluding hydrogens is 388 g/mol. The monoisotopic (exact) mass is 406 g/mol. The predicted molar refractivity (Wildman–Crippen MR) is 108 cm³/mol. The Morgan fingerprint density at radius 1 is 1.11 bits per heavy atom. The van der Waals surface area contributed by atoms with Gasteiger partial charge in [-0.15, -0.1) is 0 Å². The van der Waals surface area contributed by atoms with Crippen LogP contribution in [0.3, 0.4) is 0 Å². The quantitative estimate of drug-likeness (QED) is 0.525. The Morgan fingerprint density at radius 2 is 1.85 bits per heavy atom. The van der Waals surface area contributed by atoms with Crippen molar-refractivity contribution in [1.29, 1.82) is 0 Å². The van der Waals surface area contributed by atoms with Crippen molar-refractivity contribution in [2.75, 3.05) is 10.8 Å². The number of guanidine groups is 2. The highest BCUT2D eigenvalue weighted by molar-refractivity contribution is 7.92. The highest BCUT2D eigenvalue weighted by Crippen LogP contribution is 2.34. The molecule has 1 aliphatic rings. The molecule has 0 aliphatic carbocycles. The first-order valence-corrected chi connectivity index (χ1v) is 9.95. The number of fused-ring (bicyclic) bond motifs is 1. The average Bonchev–Trinajstić information content (AvgIpc) is 2.62. The number of hydrogen-bond donors (Lipinski definition) is 3. The zero-order valence-corrected chi connectivity index (χ0v) is 15.9. The van der Waals surface area contributed by atoms with Crippen molar-refractivity contribution in [3.8, 4) is 0 Å². The van der Waals surface area contributed by atoms with E-state index in [2.05, 4.69) is 9.98 Å². The first-order chi connectivity index (χ1) is 12.8. The van der Waals surface area contributed by atoms with Gasteiger partial charge in [-0.05, 0) is 42.7 Å². The van der Waals surface area contributed by atoms with Crippen LogP contribution in [0.2, 0.25) is 5.02 Å². The average molecular weight is 407 g/mol. The number of nitrogens with zero attached hydrogens (tertiary/aromatic N) is 3. The van der Waals surface area contributed by atoms with Crippen LogP contribution in [-0.2, 0) is 16.4 Å². The molecule has 3 rings (SSSR count). The SMILES string of the molecule is NC(N)=NC(N)=Nc1cc(S(=O)(=O)N2CCCc3ccccc32)ccc1Cl. The fourth-order valence-electron chi connectivity index (χ4n) is 2.90. The Kier molecular flexibility index (Phi) is 5.24. The lowest BCUT2D eigenvalue weighted by Crippen LogP contribution is -2.35. The van der Waals surface area contributed by atoms with Crippen LogP contribution in [0.1, 0.15) is 12.0 Å². The summed E-state index contributed by atoms with van der Waals surface area (Å²) in [5.41, 5.74) is 18.0. The maximum absolute atomic E-state index is 13.2. The highest BCUT2D eigenvalue weighted by Gasteiger charge is 2.29. The molecule has 0 atom stereocenters. The van der Waals surface area contributed by atoms with Crippen LogP contribution in [0.15, 0.2) is 57.3 Å². The van der Waals surface area contributed by atoms with Crippen molar-refractivity contribution in [3.05, 3.63) is 53.1 Å². The molecule has 2 aromatic carbocycles. The normalized spacial score (nSPS) is 14.6. The van der Waals surface area contributed by atoms with Crippen LogP contribution >= 0.6 is 11.6 Å². The summed E-state index contributed by atoms with van der Waals surface area (Å²) >= 11 is 6.11. The smallest absolute Gasteiger partial charge is 0.264 e. The third kappa shape index (κ3) is 3.99. The molecule has 0 aromatic heterocycles. The van der Waals surface area contributed by atoms with Gasteiger partial charge in [0, 0.05) is 6.54 Å². The molecule has 8 nitrogen and oxygen atoms in total. The molecule has 0 unspecified atom stereocenters. The van der Waals surface area contributed by atoms with E-state index in [1.54, 1.807) is 6.07 Å².